The molecule has 0 aromatic heterocycles. The quantitative estimate of drug-likeness (QED) is 0.737. The van der Waals surface area contributed by atoms with Gasteiger partial charge in [0.15, 0.2) is 0 Å². The van der Waals surface area contributed by atoms with Crippen molar-refractivity contribution in [2.75, 3.05) is 13.1 Å². The van der Waals surface area contributed by atoms with Gasteiger partial charge in [-0.25, -0.2) is 4.39 Å². The predicted octanol–water partition coefficient (Wildman–Crippen LogP) is 1.48. The van der Waals surface area contributed by atoms with Gasteiger partial charge in [-0.15, -0.1) is 0 Å². The van der Waals surface area contributed by atoms with E-state index in [2.05, 4.69) is 10.6 Å². The first-order valence-corrected chi connectivity index (χ1v) is 5.82. The zero-order valence-corrected chi connectivity index (χ0v) is 10.3. The van der Waals surface area contributed by atoms with E-state index in [1.807, 2.05) is 19.9 Å². The number of hydrogen-bond donors (Lipinski definition) is 2. The lowest BCUT2D eigenvalue weighted by Crippen LogP contribution is -2.38. The number of carbonyl (C=O) groups excluding carboxylic acids is 1. The van der Waals surface area contributed by atoms with E-state index in [9.17, 15) is 9.18 Å². The van der Waals surface area contributed by atoms with Crippen molar-refractivity contribution in [1.29, 1.82) is 0 Å². The average molecular weight is 238 g/mol. The molecule has 1 amide bonds. The summed E-state index contributed by atoms with van der Waals surface area (Å²) >= 11 is 0. The van der Waals surface area contributed by atoms with Crippen molar-refractivity contribution < 1.29 is 9.18 Å². The average Bonchev–Trinajstić information content (AvgIpc) is 2.23. The van der Waals surface area contributed by atoms with Crippen LogP contribution in [0.3, 0.4) is 0 Å². The normalized spacial score (nSPS) is 10.6. The van der Waals surface area contributed by atoms with Gasteiger partial charge < -0.3 is 10.6 Å². The van der Waals surface area contributed by atoms with E-state index in [-0.39, 0.29) is 17.8 Å². The van der Waals surface area contributed by atoms with Crippen molar-refractivity contribution in [3.05, 3.63) is 35.6 Å². The summed E-state index contributed by atoms with van der Waals surface area (Å²) in [5.41, 5.74) is 0.932. The number of carbonyl (C=O) groups is 1. The Morgan fingerprint density at radius 3 is 2.82 bits per heavy atom. The Balaban J connectivity index is 2.18. The van der Waals surface area contributed by atoms with E-state index >= 15 is 0 Å². The van der Waals surface area contributed by atoms with Crippen LogP contribution in [-0.2, 0) is 11.2 Å². The van der Waals surface area contributed by atoms with Crippen LogP contribution in [0.2, 0.25) is 0 Å². The largest absolute Gasteiger partial charge is 0.353 e. The summed E-state index contributed by atoms with van der Waals surface area (Å²) in [7, 11) is 0. The Bertz CT molecular complexity index is 366. The standard InChI is InChI=1S/C13H19FN2O/c1-10(2)16-13(17)9-15-7-6-11-4-3-5-12(14)8-11/h3-5,8,10,15H,6-7,9H2,1-2H3,(H,16,17). The number of amides is 1. The van der Waals surface area contributed by atoms with Gasteiger partial charge in [0.05, 0.1) is 6.54 Å². The van der Waals surface area contributed by atoms with Gasteiger partial charge in [0, 0.05) is 6.04 Å². The molecule has 94 valence electrons. The summed E-state index contributed by atoms with van der Waals surface area (Å²) in [6.45, 7) is 4.80. The topological polar surface area (TPSA) is 41.1 Å². The van der Waals surface area contributed by atoms with E-state index in [0.717, 1.165) is 5.56 Å². The molecule has 1 rings (SSSR count). The summed E-state index contributed by atoms with van der Waals surface area (Å²) in [5, 5.41) is 5.81. The molecule has 3 nitrogen and oxygen atoms in total. The monoisotopic (exact) mass is 238 g/mol. The van der Waals surface area contributed by atoms with Crippen LogP contribution in [0, 0.1) is 5.82 Å². The highest BCUT2D eigenvalue weighted by Crippen LogP contribution is 2.03. The van der Waals surface area contributed by atoms with Crippen LogP contribution in [-0.4, -0.2) is 25.0 Å². The van der Waals surface area contributed by atoms with Crippen molar-refractivity contribution >= 4 is 5.91 Å². The lowest BCUT2D eigenvalue weighted by atomic mass is 10.1. The Morgan fingerprint density at radius 2 is 2.18 bits per heavy atom. The highest BCUT2D eigenvalue weighted by Gasteiger charge is 2.02. The van der Waals surface area contributed by atoms with Gasteiger partial charge in [0.25, 0.3) is 0 Å². The third-order valence-electron chi connectivity index (χ3n) is 2.21. The minimum atomic E-state index is -0.222. The molecule has 0 atom stereocenters. The predicted molar refractivity (Wildman–Crippen MR) is 66.3 cm³/mol. The molecule has 0 spiro atoms. The maximum Gasteiger partial charge on any atom is 0.234 e. The van der Waals surface area contributed by atoms with Crippen LogP contribution in [0.1, 0.15) is 19.4 Å². The number of rotatable bonds is 6. The second-order valence-corrected chi connectivity index (χ2v) is 4.28. The van der Waals surface area contributed by atoms with E-state index in [4.69, 9.17) is 0 Å². The second-order valence-electron chi connectivity index (χ2n) is 4.28. The van der Waals surface area contributed by atoms with Gasteiger partial charge in [-0.2, -0.15) is 0 Å². The third-order valence-corrected chi connectivity index (χ3v) is 2.21. The molecule has 0 bridgehead atoms. The van der Waals surface area contributed by atoms with E-state index in [1.165, 1.54) is 12.1 Å². The molecule has 0 aliphatic heterocycles. The van der Waals surface area contributed by atoms with Crippen LogP contribution in [0.4, 0.5) is 4.39 Å². The van der Waals surface area contributed by atoms with E-state index < -0.39 is 0 Å². The first kappa shape index (κ1) is 13.6. The van der Waals surface area contributed by atoms with Gasteiger partial charge in [-0.3, -0.25) is 4.79 Å². The minimum absolute atomic E-state index is 0.0146. The molecular formula is C13H19FN2O. The molecule has 0 saturated carbocycles. The van der Waals surface area contributed by atoms with Gasteiger partial charge in [0.1, 0.15) is 5.82 Å². The lowest BCUT2D eigenvalue weighted by molar-refractivity contribution is -0.120. The van der Waals surface area contributed by atoms with Crippen LogP contribution in [0.5, 0.6) is 0 Å². The molecule has 0 radical (unpaired) electrons. The molecule has 2 N–H and O–H groups in total. The van der Waals surface area contributed by atoms with Gasteiger partial charge in [-0.1, -0.05) is 12.1 Å². The van der Waals surface area contributed by atoms with Gasteiger partial charge >= 0.3 is 0 Å². The van der Waals surface area contributed by atoms with Crippen molar-refractivity contribution in [2.24, 2.45) is 0 Å². The van der Waals surface area contributed by atoms with Crippen molar-refractivity contribution in [1.82, 2.24) is 10.6 Å². The van der Waals surface area contributed by atoms with Crippen LogP contribution in [0.25, 0.3) is 0 Å². The molecule has 0 heterocycles. The Labute approximate surface area is 101 Å². The second kappa shape index (κ2) is 7.01. The van der Waals surface area contributed by atoms with Crippen LogP contribution in [0.15, 0.2) is 24.3 Å². The fourth-order valence-corrected chi connectivity index (χ4v) is 1.50. The fraction of sp³-hybridized carbons (Fsp3) is 0.462. The van der Waals surface area contributed by atoms with Crippen LogP contribution >= 0.6 is 0 Å². The molecule has 1 aromatic carbocycles. The maximum atomic E-state index is 12.9. The molecule has 17 heavy (non-hydrogen) atoms. The Kier molecular flexibility index (Phi) is 5.63. The van der Waals surface area contributed by atoms with Crippen molar-refractivity contribution in [2.45, 2.75) is 26.3 Å². The van der Waals surface area contributed by atoms with Crippen LogP contribution < -0.4 is 10.6 Å². The molecule has 0 aliphatic carbocycles. The number of nitrogens with one attached hydrogen (secondary N) is 2. The number of hydrogen-bond acceptors (Lipinski definition) is 2. The minimum Gasteiger partial charge on any atom is -0.353 e. The molecule has 0 aliphatic rings. The van der Waals surface area contributed by atoms with Gasteiger partial charge in [-0.05, 0) is 44.5 Å². The highest BCUT2D eigenvalue weighted by molar-refractivity contribution is 5.78. The molecule has 0 unspecified atom stereocenters. The van der Waals surface area contributed by atoms with E-state index in [1.54, 1.807) is 6.07 Å². The Hall–Kier alpha value is -1.42. The first-order valence-electron chi connectivity index (χ1n) is 5.82. The third kappa shape index (κ3) is 6.02. The summed E-state index contributed by atoms with van der Waals surface area (Å²) in [5.74, 6) is -0.237. The summed E-state index contributed by atoms with van der Waals surface area (Å²) in [6, 6.07) is 6.66. The van der Waals surface area contributed by atoms with Crippen molar-refractivity contribution in [3.8, 4) is 0 Å². The molecule has 0 fully saturated rings. The number of halogens is 1. The zero-order valence-electron chi connectivity index (χ0n) is 10.3. The molecule has 4 heteroatoms. The first-order chi connectivity index (χ1) is 8.08. The SMILES string of the molecule is CC(C)NC(=O)CNCCc1cccc(F)c1. The smallest absolute Gasteiger partial charge is 0.234 e. The molecule has 0 saturated heterocycles. The molecule has 1 aromatic rings. The highest BCUT2D eigenvalue weighted by atomic mass is 19.1. The van der Waals surface area contributed by atoms with Crippen molar-refractivity contribution in [3.63, 3.8) is 0 Å². The van der Waals surface area contributed by atoms with Gasteiger partial charge in [0.2, 0.25) is 5.91 Å². The van der Waals surface area contributed by atoms with E-state index in [0.29, 0.717) is 19.5 Å². The Morgan fingerprint density at radius 1 is 1.41 bits per heavy atom. The fourth-order valence-electron chi connectivity index (χ4n) is 1.50. The summed E-state index contributed by atoms with van der Waals surface area (Å²) < 4.78 is 12.9. The zero-order chi connectivity index (χ0) is 12.7. The number of benzene rings is 1. The summed E-state index contributed by atoms with van der Waals surface area (Å²) in [4.78, 5) is 11.3. The maximum absolute atomic E-state index is 12.9. The lowest BCUT2D eigenvalue weighted by Gasteiger charge is -2.09. The summed E-state index contributed by atoms with van der Waals surface area (Å²) in [6.07, 6.45) is 0.715. The molecular weight excluding hydrogens is 219 g/mol.